The molecule has 2 heterocycles. The lowest BCUT2D eigenvalue weighted by atomic mass is 10.0. The molecular weight excluding hydrogens is 595 g/mol. The van der Waals surface area contributed by atoms with Gasteiger partial charge in [-0.25, -0.2) is 4.39 Å². The van der Waals surface area contributed by atoms with Crippen molar-refractivity contribution in [3.8, 4) is 23.0 Å². The number of rotatable bonds is 14. The Morgan fingerprint density at radius 2 is 1.59 bits per heavy atom. The Bertz CT molecular complexity index is 1630. The van der Waals surface area contributed by atoms with Gasteiger partial charge in [-0.1, -0.05) is 25.4 Å². The van der Waals surface area contributed by atoms with Gasteiger partial charge < -0.3 is 24.4 Å². The Morgan fingerprint density at radius 3 is 2.22 bits per heavy atom. The number of hydrogen-bond donors (Lipinski definition) is 2. The maximum absolute atomic E-state index is 15.1. The van der Waals surface area contributed by atoms with Gasteiger partial charge in [-0.3, -0.25) is 14.4 Å². The molecule has 0 aliphatic heterocycles. The zero-order chi connectivity index (χ0) is 29.8. The maximum Gasteiger partial charge on any atom is 0.306 e. The Morgan fingerprint density at radius 1 is 0.976 bits per heavy atom. The van der Waals surface area contributed by atoms with Crippen molar-refractivity contribution in [1.82, 2.24) is 0 Å². The fourth-order valence-corrected chi connectivity index (χ4v) is 6.60. The lowest BCUT2D eigenvalue weighted by molar-refractivity contribution is -0.141. The van der Waals surface area contributed by atoms with Crippen LogP contribution in [0.15, 0.2) is 24.3 Å². The number of halogens is 2. The van der Waals surface area contributed by atoms with Gasteiger partial charge in [-0.2, -0.15) is 0 Å². The molecule has 41 heavy (non-hydrogen) atoms. The van der Waals surface area contributed by atoms with Crippen LogP contribution in [0, 0.1) is 11.7 Å². The number of benzene rings is 2. The van der Waals surface area contributed by atoms with Crippen molar-refractivity contribution in [2.45, 2.75) is 39.5 Å². The number of ketones is 2. The highest BCUT2D eigenvalue weighted by Crippen LogP contribution is 2.45. The number of methoxy groups -OCH3 is 1. The highest BCUT2D eigenvalue weighted by atomic mass is 35.5. The number of phenols is 1. The van der Waals surface area contributed by atoms with Crippen LogP contribution < -0.4 is 14.2 Å². The van der Waals surface area contributed by atoms with Crippen LogP contribution in [0.25, 0.3) is 20.2 Å². The van der Waals surface area contributed by atoms with E-state index in [1.54, 1.807) is 12.1 Å². The van der Waals surface area contributed by atoms with Crippen LogP contribution in [0.4, 0.5) is 4.39 Å². The summed E-state index contributed by atoms with van der Waals surface area (Å²) in [5.74, 6) is -3.00. The van der Waals surface area contributed by atoms with E-state index in [2.05, 4.69) is 0 Å². The summed E-state index contributed by atoms with van der Waals surface area (Å²) < 4.78 is 33.1. The number of aliphatic carboxylic acids is 1. The summed E-state index contributed by atoms with van der Waals surface area (Å²) in [6.45, 7) is 3.50. The number of ether oxygens (including phenoxy) is 3. The first kappa shape index (κ1) is 30.5. The molecule has 12 heteroatoms. The summed E-state index contributed by atoms with van der Waals surface area (Å²) in [6.07, 6.45) is 1.22. The van der Waals surface area contributed by atoms with E-state index in [0.717, 1.165) is 11.3 Å². The third kappa shape index (κ3) is 6.58. The highest BCUT2D eigenvalue weighted by molar-refractivity contribution is 7.21. The van der Waals surface area contributed by atoms with Crippen LogP contribution in [0.3, 0.4) is 0 Å². The first-order valence-electron chi connectivity index (χ1n) is 12.8. The molecule has 0 aliphatic carbocycles. The molecule has 4 aromatic rings. The second-order valence-corrected chi connectivity index (χ2v) is 11.9. The van der Waals surface area contributed by atoms with E-state index in [4.69, 9.17) is 30.9 Å². The Hall–Kier alpha value is -3.41. The third-order valence-electron chi connectivity index (χ3n) is 6.32. The number of aromatic hydroxyl groups is 1. The normalized spacial score (nSPS) is 12.0. The van der Waals surface area contributed by atoms with Gasteiger partial charge in [0.05, 0.1) is 41.0 Å². The van der Waals surface area contributed by atoms with Gasteiger partial charge in [-0.15, -0.1) is 22.7 Å². The molecule has 0 amide bonds. The third-order valence-corrected chi connectivity index (χ3v) is 8.94. The standard InChI is InChI=1S/C29H28ClFO8S2/c1-4-6-17(32)23-11-16-21(40-23)12-19(34)27(26(16)31)38-7-5-8-39-28-20(37-3)13-22-15(25(28)30)10-24(41-22)18(33)9-14(2)29(35)36/h10-14,34H,4-9H2,1-3H3,(H,35,36). The van der Waals surface area contributed by atoms with E-state index in [0.29, 0.717) is 49.6 Å². The van der Waals surface area contributed by atoms with Crippen LogP contribution in [0.5, 0.6) is 23.0 Å². The molecule has 0 bridgehead atoms. The van der Waals surface area contributed by atoms with Crippen molar-refractivity contribution in [3.63, 3.8) is 0 Å². The number of phenolic OH excluding ortho intramolecular Hbond substituents is 1. The maximum atomic E-state index is 15.1. The fourth-order valence-electron chi connectivity index (χ4n) is 4.13. The molecule has 0 saturated carbocycles. The smallest absolute Gasteiger partial charge is 0.306 e. The van der Waals surface area contributed by atoms with E-state index in [9.17, 15) is 19.5 Å². The summed E-state index contributed by atoms with van der Waals surface area (Å²) in [7, 11) is 1.45. The fraction of sp³-hybridized carbons (Fsp3) is 0.345. The molecule has 2 aromatic carbocycles. The number of carbonyl (C=O) groups excluding carboxylic acids is 2. The van der Waals surface area contributed by atoms with Crippen LogP contribution >= 0.6 is 34.3 Å². The summed E-state index contributed by atoms with van der Waals surface area (Å²) in [4.78, 5) is 36.7. The van der Waals surface area contributed by atoms with Gasteiger partial charge in [0.25, 0.3) is 0 Å². The summed E-state index contributed by atoms with van der Waals surface area (Å²) in [6, 6.07) is 6.18. The second kappa shape index (κ2) is 13.1. The SMILES string of the molecule is CCCC(=O)c1cc2c(F)c(OCCCOc3c(OC)cc4sc(C(=O)CC(C)C(=O)O)cc4c3Cl)c(O)cc2s1. The molecule has 0 spiro atoms. The molecule has 0 fully saturated rings. The summed E-state index contributed by atoms with van der Waals surface area (Å²) in [5.41, 5.74) is 0. The predicted molar refractivity (Wildman–Crippen MR) is 157 cm³/mol. The topological polar surface area (TPSA) is 119 Å². The largest absolute Gasteiger partial charge is 0.504 e. The van der Waals surface area contributed by atoms with E-state index in [1.807, 2.05) is 6.92 Å². The molecular formula is C29H28ClFO8S2. The molecule has 8 nitrogen and oxygen atoms in total. The van der Waals surface area contributed by atoms with Crippen molar-refractivity contribution in [2.24, 2.45) is 5.92 Å². The lowest BCUT2D eigenvalue weighted by Crippen LogP contribution is -2.13. The monoisotopic (exact) mass is 622 g/mol. The zero-order valence-corrected chi connectivity index (χ0v) is 24.9. The molecule has 2 aromatic heterocycles. The molecule has 218 valence electrons. The number of carboxylic acids is 1. The average Bonchev–Trinajstić information content (AvgIpc) is 3.56. The van der Waals surface area contributed by atoms with E-state index < -0.39 is 17.7 Å². The summed E-state index contributed by atoms with van der Waals surface area (Å²) in [5, 5.41) is 20.5. The predicted octanol–water partition coefficient (Wildman–Crippen LogP) is 7.75. The molecule has 2 N–H and O–H groups in total. The first-order chi connectivity index (χ1) is 19.5. The van der Waals surface area contributed by atoms with E-state index >= 15 is 4.39 Å². The van der Waals surface area contributed by atoms with Crippen molar-refractivity contribution in [2.75, 3.05) is 20.3 Å². The van der Waals surface area contributed by atoms with Gasteiger partial charge in [0.15, 0.2) is 40.4 Å². The second-order valence-electron chi connectivity index (χ2n) is 9.40. The van der Waals surface area contributed by atoms with Crippen LogP contribution in [0.2, 0.25) is 5.02 Å². The molecule has 1 atom stereocenters. The van der Waals surface area contributed by atoms with Crippen molar-refractivity contribution < 1.29 is 43.2 Å². The van der Waals surface area contributed by atoms with Crippen molar-refractivity contribution in [1.29, 1.82) is 0 Å². The molecule has 0 aliphatic rings. The van der Waals surface area contributed by atoms with Crippen molar-refractivity contribution >= 4 is 72.0 Å². The number of carbonyl (C=O) groups is 3. The first-order valence-corrected chi connectivity index (χ1v) is 14.9. The quantitative estimate of drug-likeness (QED) is 0.108. The number of thiophene rings is 2. The summed E-state index contributed by atoms with van der Waals surface area (Å²) >= 11 is 8.93. The van der Waals surface area contributed by atoms with E-state index in [-0.39, 0.29) is 58.9 Å². The van der Waals surface area contributed by atoms with E-state index in [1.165, 1.54) is 37.5 Å². The molecule has 4 rings (SSSR count). The zero-order valence-electron chi connectivity index (χ0n) is 22.5. The number of carboxylic acid groups (broad SMARTS) is 1. The Kier molecular flexibility index (Phi) is 9.72. The van der Waals surface area contributed by atoms with Crippen LogP contribution in [0.1, 0.15) is 58.9 Å². The van der Waals surface area contributed by atoms with Crippen molar-refractivity contribution in [3.05, 3.63) is 44.9 Å². The minimum atomic E-state index is -1.04. The van der Waals surface area contributed by atoms with Gasteiger partial charge in [-0.05, 0) is 18.6 Å². The van der Waals surface area contributed by atoms with Crippen LogP contribution in [-0.2, 0) is 4.79 Å². The average molecular weight is 623 g/mol. The molecule has 0 saturated heterocycles. The Labute approximate surface area is 248 Å². The highest BCUT2D eigenvalue weighted by Gasteiger charge is 2.23. The number of fused-ring (bicyclic) bond motifs is 2. The Balaban J connectivity index is 1.43. The number of Topliss-reactive ketones (excluding diaryl/α,β-unsaturated/α-hetero) is 2. The van der Waals surface area contributed by atoms with Gasteiger partial charge in [0.1, 0.15) is 0 Å². The minimum absolute atomic E-state index is 0.0167. The minimum Gasteiger partial charge on any atom is -0.504 e. The molecule has 0 radical (unpaired) electrons. The van der Waals surface area contributed by atoms with Crippen LogP contribution in [-0.4, -0.2) is 48.1 Å². The van der Waals surface area contributed by atoms with Gasteiger partial charge >= 0.3 is 5.97 Å². The lowest BCUT2D eigenvalue weighted by Gasteiger charge is -2.14. The number of hydrogen-bond acceptors (Lipinski definition) is 9. The van der Waals surface area contributed by atoms with Gasteiger partial charge in [0.2, 0.25) is 0 Å². The van der Waals surface area contributed by atoms with Gasteiger partial charge in [0, 0.05) is 51.6 Å². The molecule has 1 unspecified atom stereocenters.